The average Bonchev–Trinajstić information content (AvgIpc) is 2.60. The van der Waals surface area contributed by atoms with Crippen LogP contribution in [0.25, 0.3) is 0 Å². The standard InChI is InChI=1S/C12H10S3.2C4H6O2/c13-9-1-5-11(6-2-9)15-12-7-3-10(14)4-8-12;2*1-3(2)4(5)6/h1-8,13-14H;2*1H2,2H3,(H,5,6). The van der Waals surface area contributed by atoms with Crippen molar-refractivity contribution in [2.24, 2.45) is 0 Å². The molecule has 0 heterocycles. The minimum absolute atomic E-state index is 0.176. The molecule has 0 saturated carbocycles. The third-order valence-corrected chi connectivity index (χ3v) is 4.25. The highest BCUT2D eigenvalue weighted by molar-refractivity contribution is 7.99. The molecule has 144 valence electrons. The van der Waals surface area contributed by atoms with Crippen LogP contribution in [0.5, 0.6) is 0 Å². The summed E-state index contributed by atoms with van der Waals surface area (Å²) < 4.78 is 0. The van der Waals surface area contributed by atoms with Crippen molar-refractivity contribution < 1.29 is 19.8 Å². The van der Waals surface area contributed by atoms with Gasteiger partial charge in [0.05, 0.1) is 0 Å². The number of rotatable bonds is 4. The summed E-state index contributed by atoms with van der Waals surface area (Å²) in [4.78, 5) is 23.6. The normalized spacial score (nSPS) is 9.04. The summed E-state index contributed by atoms with van der Waals surface area (Å²) >= 11 is 10.2. The van der Waals surface area contributed by atoms with Gasteiger partial charge in [0.1, 0.15) is 0 Å². The van der Waals surface area contributed by atoms with Crippen LogP contribution >= 0.6 is 37.0 Å². The second-order valence-electron chi connectivity index (χ2n) is 5.26. The van der Waals surface area contributed by atoms with E-state index in [0.29, 0.717) is 0 Å². The maximum Gasteiger partial charge on any atom is 0.330 e. The summed E-state index contributed by atoms with van der Waals surface area (Å²) in [5.74, 6) is -1.87. The van der Waals surface area contributed by atoms with Crippen LogP contribution < -0.4 is 0 Å². The van der Waals surface area contributed by atoms with Gasteiger partial charge in [0, 0.05) is 30.7 Å². The quantitative estimate of drug-likeness (QED) is 0.375. The van der Waals surface area contributed by atoms with Crippen molar-refractivity contribution in [3.63, 3.8) is 0 Å². The number of carboxylic acids is 2. The van der Waals surface area contributed by atoms with Gasteiger partial charge in [0.15, 0.2) is 0 Å². The van der Waals surface area contributed by atoms with E-state index in [4.69, 9.17) is 10.2 Å². The van der Waals surface area contributed by atoms with E-state index in [0.717, 1.165) is 9.79 Å². The van der Waals surface area contributed by atoms with Crippen molar-refractivity contribution >= 4 is 49.0 Å². The summed E-state index contributed by atoms with van der Waals surface area (Å²) in [5, 5.41) is 15.8. The van der Waals surface area contributed by atoms with E-state index in [1.165, 1.54) is 23.6 Å². The lowest BCUT2D eigenvalue weighted by Gasteiger charge is -2.01. The van der Waals surface area contributed by atoms with E-state index in [1.807, 2.05) is 24.3 Å². The fourth-order valence-electron chi connectivity index (χ4n) is 1.16. The monoisotopic (exact) mass is 422 g/mol. The second kappa shape index (κ2) is 13.1. The molecule has 0 saturated heterocycles. The zero-order chi connectivity index (χ0) is 21.0. The van der Waals surface area contributed by atoms with Gasteiger partial charge >= 0.3 is 11.9 Å². The van der Waals surface area contributed by atoms with Crippen molar-refractivity contribution in [3.8, 4) is 0 Å². The van der Waals surface area contributed by atoms with Crippen LogP contribution in [0.15, 0.2) is 92.4 Å². The van der Waals surface area contributed by atoms with Gasteiger partial charge in [-0.3, -0.25) is 0 Å². The van der Waals surface area contributed by atoms with E-state index >= 15 is 0 Å². The zero-order valence-electron chi connectivity index (χ0n) is 15.0. The number of carbonyl (C=O) groups is 2. The van der Waals surface area contributed by atoms with E-state index < -0.39 is 11.9 Å². The molecule has 0 bridgehead atoms. The minimum atomic E-state index is -0.935. The Bertz CT molecular complexity index is 690. The predicted octanol–water partition coefficient (Wildman–Crippen LogP) is 5.71. The summed E-state index contributed by atoms with van der Waals surface area (Å²) in [7, 11) is 0. The summed E-state index contributed by atoms with van der Waals surface area (Å²) in [6, 6.07) is 16.3. The zero-order valence-corrected chi connectivity index (χ0v) is 17.7. The van der Waals surface area contributed by atoms with E-state index in [9.17, 15) is 9.59 Å². The molecule has 2 aromatic rings. The van der Waals surface area contributed by atoms with Crippen molar-refractivity contribution in [1.29, 1.82) is 0 Å². The highest BCUT2D eigenvalue weighted by atomic mass is 32.2. The lowest BCUT2D eigenvalue weighted by molar-refractivity contribution is -0.133. The molecule has 4 nitrogen and oxygen atoms in total. The molecule has 0 atom stereocenters. The van der Waals surface area contributed by atoms with Gasteiger partial charge in [0.25, 0.3) is 0 Å². The number of aliphatic carboxylic acids is 2. The molecular weight excluding hydrogens is 400 g/mol. The van der Waals surface area contributed by atoms with Crippen LogP contribution in [0.4, 0.5) is 0 Å². The van der Waals surface area contributed by atoms with Gasteiger partial charge < -0.3 is 10.2 Å². The molecule has 0 spiro atoms. The topological polar surface area (TPSA) is 74.6 Å². The fraction of sp³-hybridized carbons (Fsp3) is 0.100. The minimum Gasteiger partial charge on any atom is -0.478 e. The second-order valence-corrected chi connectivity index (χ2v) is 7.44. The smallest absolute Gasteiger partial charge is 0.330 e. The molecule has 0 amide bonds. The fourth-order valence-corrected chi connectivity index (χ4v) is 2.28. The predicted molar refractivity (Wildman–Crippen MR) is 116 cm³/mol. The molecule has 2 aromatic carbocycles. The molecule has 0 unspecified atom stereocenters. The Hall–Kier alpha value is -2.09. The largest absolute Gasteiger partial charge is 0.478 e. The molecule has 0 aromatic heterocycles. The molecular formula is C20H22O4S3. The molecule has 7 heteroatoms. The van der Waals surface area contributed by atoms with Gasteiger partial charge in [-0.1, -0.05) is 24.9 Å². The van der Waals surface area contributed by atoms with Crippen LogP contribution in [-0.2, 0) is 9.59 Å². The SMILES string of the molecule is C=C(C)C(=O)O.C=C(C)C(=O)O.Sc1ccc(Sc2ccc(S)cc2)cc1. The Morgan fingerprint density at radius 3 is 1.15 bits per heavy atom. The number of carboxylic acid groups (broad SMARTS) is 2. The molecule has 2 N–H and O–H groups in total. The number of hydrogen-bond donors (Lipinski definition) is 4. The van der Waals surface area contributed by atoms with Crippen LogP contribution in [0.3, 0.4) is 0 Å². The Kier molecular flexibility index (Phi) is 12.1. The van der Waals surface area contributed by atoms with Crippen LogP contribution in [-0.4, -0.2) is 22.2 Å². The first-order chi connectivity index (χ1) is 12.5. The van der Waals surface area contributed by atoms with Crippen molar-refractivity contribution in [2.45, 2.75) is 33.4 Å². The molecule has 27 heavy (non-hydrogen) atoms. The Morgan fingerprint density at radius 1 is 0.741 bits per heavy atom. The number of thiol groups is 2. The maximum absolute atomic E-state index is 9.60. The third kappa shape index (κ3) is 12.8. The number of hydrogen-bond acceptors (Lipinski definition) is 5. The van der Waals surface area contributed by atoms with Gasteiger partial charge in [-0.2, -0.15) is 0 Å². The van der Waals surface area contributed by atoms with Gasteiger partial charge in [-0.15, -0.1) is 25.3 Å². The Balaban J connectivity index is 0.000000470. The molecule has 0 aliphatic rings. The van der Waals surface area contributed by atoms with E-state index in [2.05, 4.69) is 62.7 Å². The molecule has 0 aliphatic carbocycles. The molecule has 0 fully saturated rings. The number of benzene rings is 2. The highest BCUT2D eigenvalue weighted by Gasteiger charge is 1.96. The summed E-state index contributed by atoms with van der Waals surface area (Å²) in [6.45, 7) is 9.20. The first-order valence-corrected chi connectivity index (χ1v) is 9.27. The van der Waals surface area contributed by atoms with E-state index in [-0.39, 0.29) is 11.1 Å². The third-order valence-electron chi connectivity index (χ3n) is 2.64. The molecule has 0 radical (unpaired) electrons. The van der Waals surface area contributed by atoms with Crippen LogP contribution in [0.2, 0.25) is 0 Å². The maximum atomic E-state index is 9.60. The van der Waals surface area contributed by atoms with Crippen molar-refractivity contribution in [3.05, 3.63) is 72.8 Å². The first kappa shape index (κ1) is 24.9. The summed E-state index contributed by atoms with van der Waals surface area (Å²) in [5.41, 5.74) is 0.352. The lowest BCUT2D eigenvalue weighted by Crippen LogP contribution is -1.92. The van der Waals surface area contributed by atoms with Crippen LogP contribution in [0, 0.1) is 0 Å². The van der Waals surface area contributed by atoms with Gasteiger partial charge in [-0.05, 0) is 62.4 Å². The molecule has 2 rings (SSSR count). The Morgan fingerprint density at radius 2 is 0.963 bits per heavy atom. The van der Waals surface area contributed by atoms with Crippen molar-refractivity contribution in [1.82, 2.24) is 0 Å². The van der Waals surface area contributed by atoms with E-state index in [1.54, 1.807) is 11.8 Å². The van der Waals surface area contributed by atoms with Gasteiger partial charge in [-0.25, -0.2) is 9.59 Å². The molecule has 0 aliphatic heterocycles. The average molecular weight is 423 g/mol. The first-order valence-electron chi connectivity index (χ1n) is 7.56. The summed E-state index contributed by atoms with van der Waals surface area (Å²) in [6.07, 6.45) is 0. The van der Waals surface area contributed by atoms with Gasteiger partial charge in [0.2, 0.25) is 0 Å². The Labute approximate surface area is 174 Å². The van der Waals surface area contributed by atoms with Crippen LogP contribution in [0.1, 0.15) is 13.8 Å². The lowest BCUT2D eigenvalue weighted by atomic mass is 10.4. The highest BCUT2D eigenvalue weighted by Crippen LogP contribution is 2.28. The van der Waals surface area contributed by atoms with Crippen molar-refractivity contribution in [2.75, 3.05) is 0 Å².